The lowest BCUT2D eigenvalue weighted by Gasteiger charge is -2.26. The molecule has 0 radical (unpaired) electrons. The number of benzene rings is 2. The molecular formula is C26H27NO4S. The number of fused-ring (bicyclic) bond motifs is 1. The van der Waals surface area contributed by atoms with E-state index in [-0.39, 0.29) is 22.1 Å². The highest BCUT2D eigenvalue weighted by molar-refractivity contribution is 7.92. The highest BCUT2D eigenvalue weighted by Crippen LogP contribution is 2.45. The third-order valence-electron chi connectivity index (χ3n) is 5.93. The molecule has 166 valence electrons. The summed E-state index contributed by atoms with van der Waals surface area (Å²) in [5.74, 6) is 0.318. The van der Waals surface area contributed by atoms with E-state index in [0.717, 1.165) is 11.1 Å². The average molecular weight is 450 g/mol. The van der Waals surface area contributed by atoms with Gasteiger partial charge in [-0.3, -0.25) is 4.79 Å². The Hall–Kier alpha value is -3.12. The van der Waals surface area contributed by atoms with Gasteiger partial charge in [-0.2, -0.15) is 0 Å². The van der Waals surface area contributed by atoms with Crippen LogP contribution in [0, 0.1) is 0 Å². The maximum Gasteiger partial charge on any atom is 0.226 e. The van der Waals surface area contributed by atoms with Crippen molar-refractivity contribution in [2.24, 2.45) is 0 Å². The number of anilines is 1. The van der Waals surface area contributed by atoms with Gasteiger partial charge in [-0.15, -0.1) is 0 Å². The van der Waals surface area contributed by atoms with E-state index in [2.05, 4.69) is 0 Å². The predicted molar refractivity (Wildman–Crippen MR) is 127 cm³/mol. The van der Waals surface area contributed by atoms with Gasteiger partial charge in [0.05, 0.1) is 17.7 Å². The number of para-hydroxylation sites is 1. The molecule has 0 bridgehead atoms. The lowest BCUT2D eigenvalue weighted by Crippen LogP contribution is -2.33. The van der Waals surface area contributed by atoms with Crippen molar-refractivity contribution in [3.05, 3.63) is 99.7 Å². The molecule has 1 aliphatic rings. The van der Waals surface area contributed by atoms with Crippen LogP contribution in [0.2, 0.25) is 0 Å². The summed E-state index contributed by atoms with van der Waals surface area (Å²) in [5.41, 5.74) is 2.45. The first-order valence-corrected chi connectivity index (χ1v) is 12.2. The van der Waals surface area contributed by atoms with Crippen LogP contribution in [0.25, 0.3) is 0 Å². The Morgan fingerprint density at radius 3 is 2.34 bits per heavy atom. The molecule has 0 fully saturated rings. The predicted octanol–water partition coefficient (Wildman–Crippen LogP) is 4.71. The summed E-state index contributed by atoms with van der Waals surface area (Å²) in [4.78, 5) is 15.5. The molecule has 0 amide bonds. The van der Waals surface area contributed by atoms with Crippen molar-refractivity contribution in [3.63, 3.8) is 0 Å². The molecule has 1 atom stereocenters. The molecule has 0 saturated carbocycles. The summed E-state index contributed by atoms with van der Waals surface area (Å²) >= 11 is 0. The molecule has 1 aliphatic heterocycles. The van der Waals surface area contributed by atoms with Gasteiger partial charge in [-0.1, -0.05) is 68.4 Å². The molecule has 1 heterocycles. The van der Waals surface area contributed by atoms with Crippen molar-refractivity contribution < 1.29 is 13.2 Å². The molecule has 5 nitrogen and oxygen atoms in total. The Balaban J connectivity index is 1.87. The second-order valence-electron chi connectivity index (χ2n) is 8.28. The van der Waals surface area contributed by atoms with Gasteiger partial charge in [0.1, 0.15) is 0 Å². The number of hydrogen-bond donors (Lipinski definition) is 0. The Bertz CT molecular complexity index is 1290. The van der Waals surface area contributed by atoms with Gasteiger partial charge in [0, 0.05) is 12.1 Å². The molecule has 1 unspecified atom stereocenters. The SMILES string of the molecule is COc1cc(C(C)C)ccc(C2N(CCc3ccccc3)c3ccccc3S2(=O)=O)c1=O. The smallest absolute Gasteiger partial charge is 0.226 e. The lowest BCUT2D eigenvalue weighted by molar-refractivity contribution is 0.410. The Kier molecular flexibility index (Phi) is 6.07. The highest BCUT2D eigenvalue weighted by Gasteiger charge is 2.44. The van der Waals surface area contributed by atoms with Crippen molar-refractivity contribution in [3.8, 4) is 5.75 Å². The quantitative estimate of drug-likeness (QED) is 0.545. The van der Waals surface area contributed by atoms with Gasteiger partial charge >= 0.3 is 0 Å². The molecular weight excluding hydrogens is 422 g/mol. The van der Waals surface area contributed by atoms with E-state index in [0.29, 0.717) is 18.7 Å². The van der Waals surface area contributed by atoms with E-state index in [1.54, 1.807) is 24.3 Å². The van der Waals surface area contributed by atoms with Crippen LogP contribution in [-0.4, -0.2) is 22.1 Å². The maximum absolute atomic E-state index is 13.7. The number of sulfone groups is 1. The van der Waals surface area contributed by atoms with Gasteiger partial charge in [0.15, 0.2) is 11.1 Å². The van der Waals surface area contributed by atoms with Crippen molar-refractivity contribution in [2.45, 2.75) is 36.5 Å². The van der Waals surface area contributed by atoms with E-state index >= 15 is 0 Å². The number of methoxy groups -OCH3 is 1. The zero-order valence-corrected chi connectivity index (χ0v) is 19.3. The molecule has 0 N–H and O–H groups in total. The third kappa shape index (κ3) is 3.91. The Morgan fingerprint density at radius 1 is 0.969 bits per heavy atom. The maximum atomic E-state index is 13.7. The fourth-order valence-corrected chi connectivity index (χ4v) is 6.25. The van der Waals surface area contributed by atoms with Crippen LogP contribution in [0.4, 0.5) is 5.69 Å². The second kappa shape index (κ2) is 8.79. The van der Waals surface area contributed by atoms with Crippen molar-refractivity contribution in [1.82, 2.24) is 0 Å². The normalized spacial score (nSPS) is 16.8. The summed E-state index contributed by atoms with van der Waals surface area (Å²) in [6.07, 6.45) is 0.655. The van der Waals surface area contributed by atoms with Gasteiger partial charge in [0.25, 0.3) is 0 Å². The van der Waals surface area contributed by atoms with Crippen LogP contribution in [0.3, 0.4) is 0 Å². The molecule has 4 rings (SSSR count). The first-order valence-electron chi connectivity index (χ1n) is 10.7. The summed E-state index contributed by atoms with van der Waals surface area (Å²) in [5, 5.41) is -1.10. The van der Waals surface area contributed by atoms with E-state index in [1.807, 2.05) is 67.3 Å². The van der Waals surface area contributed by atoms with Crippen LogP contribution in [0.1, 0.15) is 41.8 Å². The summed E-state index contributed by atoms with van der Waals surface area (Å²) in [6.45, 7) is 4.50. The molecule has 0 saturated heterocycles. The van der Waals surface area contributed by atoms with E-state index < -0.39 is 20.6 Å². The average Bonchev–Trinajstić information content (AvgIpc) is 2.90. The van der Waals surface area contributed by atoms with Crippen LogP contribution in [0.15, 0.2) is 82.5 Å². The van der Waals surface area contributed by atoms with E-state index in [4.69, 9.17) is 4.74 Å². The zero-order chi connectivity index (χ0) is 22.9. The Morgan fingerprint density at radius 2 is 1.66 bits per heavy atom. The number of hydrogen-bond acceptors (Lipinski definition) is 5. The standard InChI is InChI=1S/C26H27NO4S/c1-18(2)20-13-14-21(25(28)23(17-20)31-3)26-27(16-15-19-9-5-4-6-10-19)22-11-7-8-12-24(22)32(26,29)30/h4-14,17-18,26H,15-16H2,1-3H3. The summed E-state index contributed by atoms with van der Waals surface area (Å²) in [7, 11) is -2.35. The first kappa shape index (κ1) is 22.1. The number of rotatable bonds is 6. The van der Waals surface area contributed by atoms with Gasteiger partial charge in [-0.05, 0) is 41.7 Å². The molecule has 6 heteroatoms. The van der Waals surface area contributed by atoms with Gasteiger partial charge < -0.3 is 9.64 Å². The van der Waals surface area contributed by atoms with Crippen LogP contribution in [-0.2, 0) is 16.3 Å². The lowest BCUT2D eigenvalue weighted by atomic mass is 10.1. The summed E-state index contributed by atoms with van der Waals surface area (Å²) in [6, 6.07) is 22.1. The zero-order valence-electron chi connectivity index (χ0n) is 18.5. The Labute approximate surface area is 189 Å². The number of nitrogens with zero attached hydrogens (tertiary/aromatic N) is 1. The largest absolute Gasteiger partial charge is 0.493 e. The molecule has 0 spiro atoms. The van der Waals surface area contributed by atoms with Crippen molar-refractivity contribution in [1.29, 1.82) is 0 Å². The van der Waals surface area contributed by atoms with Crippen LogP contribution < -0.4 is 15.1 Å². The second-order valence-corrected chi connectivity index (χ2v) is 10.3. The van der Waals surface area contributed by atoms with E-state index in [1.165, 1.54) is 7.11 Å². The molecule has 32 heavy (non-hydrogen) atoms. The molecule has 3 aromatic rings. The fourth-order valence-electron chi connectivity index (χ4n) is 4.19. The minimum absolute atomic E-state index is 0.155. The number of ether oxygens (including phenoxy) is 1. The third-order valence-corrected chi connectivity index (χ3v) is 7.99. The van der Waals surface area contributed by atoms with Gasteiger partial charge in [0.2, 0.25) is 15.3 Å². The highest BCUT2D eigenvalue weighted by atomic mass is 32.2. The molecule has 3 aromatic carbocycles. The van der Waals surface area contributed by atoms with Gasteiger partial charge in [-0.25, -0.2) is 8.42 Å². The van der Waals surface area contributed by atoms with Crippen LogP contribution >= 0.6 is 0 Å². The van der Waals surface area contributed by atoms with Crippen molar-refractivity contribution in [2.75, 3.05) is 18.6 Å². The monoisotopic (exact) mass is 449 g/mol. The molecule has 0 aromatic heterocycles. The molecule has 0 aliphatic carbocycles. The van der Waals surface area contributed by atoms with Crippen molar-refractivity contribution >= 4 is 15.5 Å². The first-order chi connectivity index (χ1) is 15.3. The fraction of sp³-hybridized carbons (Fsp3) is 0.269. The minimum Gasteiger partial charge on any atom is -0.493 e. The van der Waals surface area contributed by atoms with E-state index in [9.17, 15) is 13.2 Å². The topological polar surface area (TPSA) is 63.7 Å². The minimum atomic E-state index is -3.79. The van der Waals surface area contributed by atoms with Crippen LogP contribution in [0.5, 0.6) is 5.75 Å². The summed E-state index contributed by atoms with van der Waals surface area (Å²) < 4.78 is 32.7.